The lowest BCUT2D eigenvalue weighted by molar-refractivity contribution is -0.132. The van der Waals surface area contributed by atoms with Gasteiger partial charge >= 0.3 is 6.03 Å². The molecule has 0 aliphatic carbocycles. The summed E-state index contributed by atoms with van der Waals surface area (Å²) in [5.41, 5.74) is 3.03. The second kappa shape index (κ2) is 12.3. The molecule has 0 unspecified atom stereocenters. The molecule has 0 radical (unpaired) electrons. The molecule has 6 nitrogen and oxygen atoms in total. The number of carbonyl (C=O) groups is 2. The Hall–Kier alpha value is -3.80. The number of carbonyl (C=O) groups excluding carboxylic acids is 2. The minimum absolute atomic E-state index is 0.0552. The Balaban J connectivity index is 1.67. The topological polar surface area (TPSA) is 65.8 Å². The molecule has 0 aliphatic heterocycles. The molecule has 172 valence electrons. The number of nitrogens with zero attached hydrogens (tertiary/aromatic N) is 2. The maximum Gasteiger partial charge on any atom is 0.322 e. The lowest BCUT2D eigenvalue weighted by Crippen LogP contribution is -2.44. The third-order valence-corrected chi connectivity index (χ3v) is 5.37. The fraction of sp³-hybridized carbons (Fsp3) is 0.259. The molecule has 1 heterocycles. The quantitative estimate of drug-likeness (QED) is 0.416. The van der Waals surface area contributed by atoms with Crippen LogP contribution in [-0.2, 0) is 24.2 Å². The van der Waals surface area contributed by atoms with Crippen molar-refractivity contribution >= 4 is 17.6 Å². The number of hydrogen-bond donors (Lipinski definition) is 1. The van der Waals surface area contributed by atoms with E-state index in [1.807, 2.05) is 60.7 Å². The van der Waals surface area contributed by atoms with E-state index in [9.17, 15) is 9.59 Å². The van der Waals surface area contributed by atoms with E-state index in [4.69, 9.17) is 4.42 Å². The van der Waals surface area contributed by atoms with Crippen molar-refractivity contribution in [3.05, 3.63) is 103 Å². The lowest BCUT2D eigenvalue weighted by Gasteiger charge is -2.27. The first-order valence-corrected chi connectivity index (χ1v) is 11.2. The van der Waals surface area contributed by atoms with Crippen LogP contribution in [0.15, 0.2) is 90.1 Å². The first kappa shape index (κ1) is 23.9. The molecule has 0 aliphatic rings. The molecule has 0 fully saturated rings. The lowest BCUT2D eigenvalue weighted by atomic mass is 10.1. The van der Waals surface area contributed by atoms with Crippen LogP contribution in [-0.4, -0.2) is 41.4 Å². The van der Waals surface area contributed by atoms with Crippen molar-refractivity contribution in [2.24, 2.45) is 0 Å². The number of hydrogen-bond acceptors (Lipinski definition) is 3. The van der Waals surface area contributed by atoms with Gasteiger partial charge in [-0.05, 0) is 48.2 Å². The third kappa shape index (κ3) is 7.38. The Bertz CT molecular complexity index is 1010. The SMILES string of the molecule is C=CCN(CC(=O)N(CCc1ccccc1)Cc1ccco1)C(=O)Nc1ccc(CC)cc1. The molecular weight excluding hydrogens is 414 g/mol. The zero-order chi connectivity index (χ0) is 23.5. The summed E-state index contributed by atoms with van der Waals surface area (Å²) in [7, 11) is 0. The van der Waals surface area contributed by atoms with E-state index >= 15 is 0 Å². The maximum absolute atomic E-state index is 13.2. The van der Waals surface area contributed by atoms with E-state index in [-0.39, 0.29) is 25.0 Å². The Morgan fingerprint density at radius 3 is 2.36 bits per heavy atom. The van der Waals surface area contributed by atoms with Gasteiger partial charge in [-0.25, -0.2) is 4.79 Å². The van der Waals surface area contributed by atoms with E-state index in [2.05, 4.69) is 18.8 Å². The molecule has 3 rings (SSSR count). The number of amides is 3. The van der Waals surface area contributed by atoms with Crippen LogP contribution in [0.5, 0.6) is 0 Å². The zero-order valence-electron chi connectivity index (χ0n) is 19.1. The average molecular weight is 446 g/mol. The fourth-order valence-corrected chi connectivity index (χ4v) is 3.46. The molecule has 1 aromatic heterocycles. The Morgan fingerprint density at radius 2 is 1.73 bits per heavy atom. The predicted molar refractivity (Wildman–Crippen MR) is 131 cm³/mol. The summed E-state index contributed by atoms with van der Waals surface area (Å²) in [6, 6.07) is 21.0. The number of furan rings is 1. The highest BCUT2D eigenvalue weighted by Gasteiger charge is 2.21. The molecule has 3 amide bonds. The molecule has 0 saturated carbocycles. The number of aryl methyl sites for hydroxylation is 1. The van der Waals surface area contributed by atoms with Crippen LogP contribution in [0.1, 0.15) is 23.8 Å². The Labute approximate surface area is 195 Å². The molecule has 0 spiro atoms. The van der Waals surface area contributed by atoms with Crippen LogP contribution in [0.4, 0.5) is 10.5 Å². The van der Waals surface area contributed by atoms with Gasteiger partial charge in [0.05, 0.1) is 12.8 Å². The molecule has 0 atom stereocenters. The summed E-state index contributed by atoms with van der Waals surface area (Å²) in [4.78, 5) is 29.3. The smallest absolute Gasteiger partial charge is 0.322 e. The highest BCUT2D eigenvalue weighted by Crippen LogP contribution is 2.12. The van der Waals surface area contributed by atoms with E-state index in [0.29, 0.717) is 31.0 Å². The van der Waals surface area contributed by atoms with Crippen molar-refractivity contribution in [2.75, 3.05) is 25.0 Å². The molecule has 33 heavy (non-hydrogen) atoms. The first-order chi connectivity index (χ1) is 16.1. The number of rotatable bonds is 11. The fourth-order valence-electron chi connectivity index (χ4n) is 3.46. The summed E-state index contributed by atoms with van der Waals surface area (Å²) in [5, 5.41) is 2.88. The molecule has 2 aromatic carbocycles. The van der Waals surface area contributed by atoms with Crippen LogP contribution in [0, 0.1) is 0 Å². The first-order valence-electron chi connectivity index (χ1n) is 11.2. The third-order valence-electron chi connectivity index (χ3n) is 5.37. The Kier molecular flexibility index (Phi) is 8.88. The summed E-state index contributed by atoms with van der Waals surface area (Å²) >= 11 is 0. The minimum atomic E-state index is -0.339. The summed E-state index contributed by atoms with van der Waals surface area (Å²) in [6.07, 6.45) is 4.86. The van der Waals surface area contributed by atoms with Crippen molar-refractivity contribution in [2.45, 2.75) is 26.3 Å². The number of benzene rings is 2. The van der Waals surface area contributed by atoms with Gasteiger partial charge in [-0.15, -0.1) is 6.58 Å². The van der Waals surface area contributed by atoms with Gasteiger partial charge in [0.15, 0.2) is 0 Å². The second-order valence-corrected chi connectivity index (χ2v) is 7.78. The van der Waals surface area contributed by atoms with Crippen LogP contribution in [0.3, 0.4) is 0 Å². The van der Waals surface area contributed by atoms with Gasteiger partial charge < -0.3 is 19.5 Å². The van der Waals surface area contributed by atoms with Gasteiger partial charge in [-0.2, -0.15) is 0 Å². The van der Waals surface area contributed by atoms with Gasteiger partial charge in [0.25, 0.3) is 0 Å². The van der Waals surface area contributed by atoms with Gasteiger partial charge in [0.1, 0.15) is 12.3 Å². The van der Waals surface area contributed by atoms with Gasteiger partial charge in [0.2, 0.25) is 5.91 Å². The normalized spacial score (nSPS) is 10.5. The molecule has 3 aromatic rings. The van der Waals surface area contributed by atoms with E-state index in [1.165, 1.54) is 10.5 Å². The molecular formula is C27H31N3O3. The molecule has 0 saturated heterocycles. The Morgan fingerprint density at radius 1 is 0.970 bits per heavy atom. The summed E-state index contributed by atoms with van der Waals surface area (Å²) < 4.78 is 5.46. The average Bonchev–Trinajstić information content (AvgIpc) is 3.35. The van der Waals surface area contributed by atoms with Crippen LogP contribution in [0.25, 0.3) is 0 Å². The predicted octanol–water partition coefficient (Wildman–Crippen LogP) is 5.13. The van der Waals surface area contributed by atoms with Crippen molar-refractivity contribution in [1.29, 1.82) is 0 Å². The monoisotopic (exact) mass is 445 g/mol. The van der Waals surface area contributed by atoms with Crippen LogP contribution >= 0.6 is 0 Å². The second-order valence-electron chi connectivity index (χ2n) is 7.78. The summed E-state index contributed by atoms with van der Waals surface area (Å²) in [6.45, 7) is 6.89. The van der Waals surface area contributed by atoms with Gasteiger partial charge in [0, 0.05) is 18.8 Å². The standard InChI is InChI=1S/C27H31N3O3/c1-3-17-30(27(32)28-24-14-12-22(4-2)13-15-24)21-26(31)29(20-25-11-8-19-33-25)18-16-23-9-6-5-7-10-23/h3,5-15,19H,1,4,16-18,20-21H2,2H3,(H,28,32). The molecule has 0 bridgehead atoms. The van der Waals surface area contributed by atoms with Crippen molar-refractivity contribution in [1.82, 2.24) is 9.80 Å². The summed E-state index contributed by atoms with van der Waals surface area (Å²) in [5.74, 6) is 0.549. The molecule has 6 heteroatoms. The highest BCUT2D eigenvalue weighted by molar-refractivity contribution is 5.92. The number of urea groups is 1. The van der Waals surface area contributed by atoms with Crippen LogP contribution < -0.4 is 5.32 Å². The van der Waals surface area contributed by atoms with Crippen LogP contribution in [0.2, 0.25) is 0 Å². The highest BCUT2D eigenvalue weighted by atomic mass is 16.3. The zero-order valence-corrected chi connectivity index (χ0v) is 19.1. The van der Waals surface area contributed by atoms with Gasteiger partial charge in [-0.1, -0.05) is 55.5 Å². The van der Waals surface area contributed by atoms with Crippen molar-refractivity contribution in [3.8, 4) is 0 Å². The maximum atomic E-state index is 13.2. The van der Waals surface area contributed by atoms with E-state index in [0.717, 1.165) is 12.0 Å². The largest absolute Gasteiger partial charge is 0.467 e. The minimum Gasteiger partial charge on any atom is -0.467 e. The van der Waals surface area contributed by atoms with Crippen molar-refractivity contribution in [3.63, 3.8) is 0 Å². The van der Waals surface area contributed by atoms with Gasteiger partial charge in [-0.3, -0.25) is 4.79 Å². The number of anilines is 1. The molecule has 1 N–H and O–H groups in total. The van der Waals surface area contributed by atoms with E-state index in [1.54, 1.807) is 23.3 Å². The van der Waals surface area contributed by atoms with E-state index < -0.39 is 0 Å². The van der Waals surface area contributed by atoms with Crippen molar-refractivity contribution < 1.29 is 14.0 Å². The number of nitrogens with one attached hydrogen (secondary N) is 1.